The minimum atomic E-state index is -5.47. The molecule has 18 heteroatoms. The van der Waals surface area contributed by atoms with Crippen LogP contribution in [0.4, 0.5) is 0 Å². The fourth-order valence-electron chi connectivity index (χ4n) is 4.92. The van der Waals surface area contributed by atoms with Crippen molar-refractivity contribution in [2.75, 3.05) is 20.3 Å². The van der Waals surface area contributed by atoms with Gasteiger partial charge in [-0.05, 0) is 19.4 Å². The van der Waals surface area contributed by atoms with Crippen molar-refractivity contribution in [1.82, 2.24) is 9.55 Å². The number of unbranched alkanes of at least 4 members (excludes halogenated alkanes) is 15. The first kappa shape index (κ1) is 42.0. The van der Waals surface area contributed by atoms with Crippen LogP contribution in [0.1, 0.15) is 121 Å². The van der Waals surface area contributed by atoms with E-state index in [1.165, 1.54) is 95.9 Å². The Hall–Kier alpha value is -1.21. The Balaban J connectivity index is 1.60. The lowest BCUT2D eigenvalue weighted by atomic mass is 10.0. The van der Waals surface area contributed by atoms with Crippen molar-refractivity contribution >= 4 is 23.5 Å². The van der Waals surface area contributed by atoms with Gasteiger partial charge in [0.05, 0.1) is 13.2 Å². The molecule has 47 heavy (non-hydrogen) atoms. The lowest BCUT2D eigenvalue weighted by molar-refractivity contribution is -0.0105. The predicted molar refractivity (Wildman–Crippen MR) is 177 cm³/mol. The summed E-state index contributed by atoms with van der Waals surface area (Å²) in [5.41, 5.74) is -1.02. The molecule has 0 aliphatic carbocycles. The molecule has 5 atom stereocenters. The van der Waals surface area contributed by atoms with E-state index in [2.05, 4.69) is 25.1 Å². The van der Waals surface area contributed by atoms with E-state index in [-0.39, 0.29) is 12.2 Å². The highest BCUT2D eigenvalue weighted by molar-refractivity contribution is 7.67. The molecule has 1 aliphatic heterocycles. The van der Waals surface area contributed by atoms with Crippen molar-refractivity contribution in [2.45, 2.75) is 129 Å². The minimum absolute atomic E-state index is 0.0960. The van der Waals surface area contributed by atoms with Gasteiger partial charge in [-0.3, -0.25) is 27.9 Å². The molecule has 0 bridgehead atoms. The number of nitrogens with zero attached hydrogens (tertiary/aromatic N) is 1. The molecule has 15 nitrogen and oxygen atoms in total. The Bertz CT molecular complexity index is 1350. The lowest BCUT2D eigenvalue weighted by Gasteiger charge is -2.21. The zero-order valence-corrected chi connectivity index (χ0v) is 30.5. The van der Waals surface area contributed by atoms with Gasteiger partial charge < -0.3 is 14.5 Å². The van der Waals surface area contributed by atoms with E-state index < -0.39 is 53.7 Å². The first-order valence-corrected chi connectivity index (χ1v) is 20.9. The van der Waals surface area contributed by atoms with Gasteiger partial charge in [-0.2, -0.15) is 8.62 Å². The zero-order valence-electron chi connectivity index (χ0n) is 27.8. The first-order valence-electron chi connectivity index (χ1n) is 16.5. The van der Waals surface area contributed by atoms with Gasteiger partial charge in [-0.15, -0.1) is 0 Å². The number of ether oxygens (including phenoxy) is 1. The molecule has 0 amide bonds. The first-order chi connectivity index (χ1) is 22.3. The number of phosphoric acid groups is 3. The topological polar surface area (TPSA) is 202 Å². The van der Waals surface area contributed by atoms with Gasteiger partial charge in [0.2, 0.25) is 0 Å². The van der Waals surface area contributed by atoms with Crippen molar-refractivity contribution in [2.24, 2.45) is 0 Å². The molecule has 1 aromatic heterocycles. The highest BCUT2D eigenvalue weighted by atomic mass is 31.3. The lowest BCUT2D eigenvalue weighted by Crippen LogP contribution is -2.33. The molecule has 3 unspecified atom stereocenters. The monoisotopic (exact) mass is 730 g/mol. The summed E-state index contributed by atoms with van der Waals surface area (Å²) in [7, 11) is -14.4. The molecule has 1 aromatic rings. The summed E-state index contributed by atoms with van der Waals surface area (Å²) in [4.78, 5) is 45.7. The molecule has 0 spiro atoms. The Morgan fingerprint density at radius 3 is 1.85 bits per heavy atom. The van der Waals surface area contributed by atoms with Crippen molar-refractivity contribution < 1.29 is 50.4 Å². The van der Waals surface area contributed by atoms with Crippen LogP contribution in [0.5, 0.6) is 0 Å². The molecule has 0 saturated heterocycles. The van der Waals surface area contributed by atoms with Crippen LogP contribution in [0.3, 0.4) is 0 Å². The standard InChI is InChI=1S/C29H53N2O13P3/c1-4-5-6-7-8-9-10-11-12-13-14-15-16-17-18-19-22-40-47(38,39-3)44-46(36,37)43-45(34,35)41-24-26-20-21-27(42-26)31-23-25(2)28(32)30-29(31)33/h20-21,23,26-27H,4-19,22,24H2,1-3H3,(H,34,35)(H,36,37)(H,30,32,33)/t26-,27+,47?/m0/s1. The number of nitrogens with one attached hydrogen (secondary N) is 1. The predicted octanol–water partition coefficient (Wildman–Crippen LogP) is 7.58. The second-order valence-corrected chi connectivity index (χ2v) is 16.5. The third kappa shape index (κ3) is 17.3. The number of phosphoric ester groups is 2. The Morgan fingerprint density at radius 2 is 1.32 bits per heavy atom. The Kier molecular flexibility index (Phi) is 19.4. The van der Waals surface area contributed by atoms with Gasteiger partial charge in [0.15, 0.2) is 6.23 Å². The number of aromatic nitrogens is 2. The van der Waals surface area contributed by atoms with Crippen LogP contribution in [-0.2, 0) is 40.6 Å². The molecule has 1 aliphatic rings. The molecule has 2 rings (SSSR count). The largest absolute Gasteiger partial charge is 0.490 e. The van der Waals surface area contributed by atoms with Crippen LogP contribution in [0.25, 0.3) is 0 Å². The average molecular weight is 731 g/mol. The summed E-state index contributed by atoms with van der Waals surface area (Å²) in [6, 6.07) is 0. The van der Waals surface area contributed by atoms with E-state index in [0.717, 1.165) is 37.4 Å². The molecule has 272 valence electrons. The maximum absolute atomic E-state index is 12.7. The van der Waals surface area contributed by atoms with Crippen LogP contribution in [0.15, 0.2) is 27.9 Å². The number of H-pyrrole nitrogens is 1. The SMILES string of the molecule is CCCCCCCCCCCCCCCCCCOP(=O)(OC)OP(=O)(O)OP(=O)(O)OC[C@@H]1C=C[C@H](n2cc(C)c(=O)[nH]c2=O)O1. The molecule has 0 aromatic carbocycles. The number of hydrogen-bond donors (Lipinski definition) is 3. The second-order valence-electron chi connectivity index (χ2n) is 11.6. The Morgan fingerprint density at radius 1 is 0.787 bits per heavy atom. The van der Waals surface area contributed by atoms with Gasteiger partial charge in [0.25, 0.3) is 5.56 Å². The van der Waals surface area contributed by atoms with Gasteiger partial charge in [-0.25, -0.2) is 18.5 Å². The van der Waals surface area contributed by atoms with Crippen LogP contribution in [-0.4, -0.2) is 45.8 Å². The summed E-state index contributed by atoms with van der Waals surface area (Å²) >= 11 is 0. The molecule has 0 radical (unpaired) electrons. The maximum atomic E-state index is 12.7. The molecule has 0 saturated carbocycles. The van der Waals surface area contributed by atoms with Crippen LogP contribution in [0.2, 0.25) is 0 Å². The molecule has 0 fully saturated rings. The normalized spacial score (nSPS) is 20.2. The summed E-state index contributed by atoms with van der Waals surface area (Å²) in [6.07, 6.45) is 21.1. The Labute approximate surface area is 277 Å². The molecular weight excluding hydrogens is 677 g/mol. The van der Waals surface area contributed by atoms with E-state index in [1.807, 2.05) is 0 Å². The highest BCUT2D eigenvalue weighted by Crippen LogP contribution is 2.69. The van der Waals surface area contributed by atoms with Crippen LogP contribution < -0.4 is 11.2 Å². The summed E-state index contributed by atoms with van der Waals surface area (Å²) in [5, 5.41) is 0. The van der Waals surface area contributed by atoms with Crippen LogP contribution >= 0.6 is 23.5 Å². The summed E-state index contributed by atoms with van der Waals surface area (Å²) in [5.74, 6) is 0. The zero-order chi connectivity index (χ0) is 34.8. The maximum Gasteiger partial charge on any atom is 0.490 e. The van der Waals surface area contributed by atoms with E-state index >= 15 is 0 Å². The number of aromatic amines is 1. The smallest absolute Gasteiger partial charge is 0.344 e. The van der Waals surface area contributed by atoms with Crippen molar-refractivity contribution in [3.05, 3.63) is 44.8 Å². The van der Waals surface area contributed by atoms with Gasteiger partial charge in [0.1, 0.15) is 6.10 Å². The summed E-state index contributed by atoms with van der Waals surface area (Å²) < 4.78 is 67.2. The van der Waals surface area contributed by atoms with Crippen LogP contribution in [0, 0.1) is 6.92 Å². The fourth-order valence-corrected chi connectivity index (χ4v) is 8.79. The third-order valence-electron chi connectivity index (χ3n) is 7.51. The van der Waals surface area contributed by atoms with E-state index in [0.29, 0.717) is 6.42 Å². The van der Waals surface area contributed by atoms with Crippen molar-refractivity contribution in [3.8, 4) is 0 Å². The van der Waals surface area contributed by atoms with Crippen molar-refractivity contribution in [1.29, 1.82) is 0 Å². The average Bonchev–Trinajstić information content (AvgIpc) is 3.47. The minimum Gasteiger partial charge on any atom is -0.344 e. The summed E-state index contributed by atoms with van der Waals surface area (Å²) in [6.45, 7) is 3.01. The van der Waals surface area contributed by atoms with Gasteiger partial charge in [-0.1, -0.05) is 109 Å². The molecule has 3 N–H and O–H groups in total. The second kappa shape index (κ2) is 21.8. The quantitative estimate of drug-likeness (QED) is 0.0455. The molecule has 2 heterocycles. The van der Waals surface area contributed by atoms with Gasteiger partial charge >= 0.3 is 29.2 Å². The fraction of sp³-hybridized carbons (Fsp3) is 0.793. The number of hydrogen-bond acceptors (Lipinski definition) is 11. The van der Waals surface area contributed by atoms with E-state index in [4.69, 9.17) is 13.8 Å². The highest BCUT2D eigenvalue weighted by Gasteiger charge is 2.43. The number of aryl methyl sites for hydroxylation is 1. The van der Waals surface area contributed by atoms with Gasteiger partial charge in [0, 0.05) is 18.9 Å². The van der Waals surface area contributed by atoms with E-state index in [9.17, 15) is 33.1 Å². The third-order valence-corrected chi connectivity index (χ3v) is 12.2. The van der Waals surface area contributed by atoms with Crippen molar-refractivity contribution in [3.63, 3.8) is 0 Å². The number of rotatable bonds is 27. The van der Waals surface area contributed by atoms with E-state index in [1.54, 1.807) is 0 Å². The molecular formula is C29H53N2O13P3.